The second-order valence-electron chi connectivity index (χ2n) is 6.96. The van der Waals surface area contributed by atoms with E-state index in [1.165, 1.54) is 0 Å². The fourth-order valence-corrected chi connectivity index (χ4v) is 3.11. The largest absolute Gasteiger partial charge is 0.491 e. The number of ether oxygens (including phenoxy) is 1. The highest BCUT2D eigenvalue weighted by Gasteiger charge is 2.13. The summed E-state index contributed by atoms with van der Waals surface area (Å²) in [6.07, 6.45) is 1.04. The molecule has 6 nitrogen and oxygen atoms in total. The summed E-state index contributed by atoms with van der Waals surface area (Å²) in [5, 5.41) is 12.2. The van der Waals surface area contributed by atoms with Crippen molar-refractivity contribution < 1.29 is 9.53 Å². The van der Waals surface area contributed by atoms with Gasteiger partial charge in [-0.3, -0.25) is 4.79 Å². The van der Waals surface area contributed by atoms with E-state index >= 15 is 0 Å². The molecule has 1 unspecified atom stereocenters. The predicted molar refractivity (Wildman–Crippen MR) is 119 cm³/mol. The molecule has 0 aliphatic heterocycles. The van der Waals surface area contributed by atoms with Crippen molar-refractivity contribution in [3.63, 3.8) is 0 Å². The van der Waals surface area contributed by atoms with Crippen LogP contribution in [0.15, 0.2) is 66.7 Å². The van der Waals surface area contributed by atoms with Gasteiger partial charge in [-0.15, -0.1) is 10.2 Å². The molecule has 0 fully saturated rings. The molecule has 0 bridgehead atoms. The van der Waals surface area contributed by atoms with Crippen molar-refractivity contribution in [2.24, 2.45) is 0 Å². The number of anilines is 1. The average Bonchev–Trinajstić information content (AvgIpc) is 3.17. The zero-order valence-electron chi connectivity index (χ0n) is 16.7. The molecule has 1 heterocycles. The third-order valence-corrected chi connectivity index (χ3v) is 5.05. The molecule has 3 aromatic carbocycles. The van der Waals surface area contributed by atoms with Gasteiger partial charge in [-0.2, -0.15) is 4.80 Å². The molecule has 1 amide bonds. The van der Waals surface area contributed by atoms with Crippen molar-refractivity contribution in [1.82, 2.24) is 15.0 Å². The highest BCUT2D eigenvalue weighted by Crippen LogP contribution is 2.27. The van der Waals surface area contributed by atoms with E-state index in [0.29, 0.717) is 27.3 Å². The van der Waals surface area contributed by atoms with Gasteiger partial charge in [0.1, 0.15) is 16.8 Å². The van der Waals surface area contributed by atoms with Crippen LogP contribution >= 0.6 is 11.6 Å². The normalized spacial score (nSPS) is 12.0. The van der Waals surface area contributed by atoms with Gasteiger partial charge in [-0.05, 0) is 61.9 Å². The van der Waals surface area contributed by atoms with Crippen molar-refractivity contribution in [2.45, 2.75) is 26.4 Å². The van der Waals surface area contributed by atoms with E-state index in [-0.39, 0.29) is 12.0 Å². The van der Waals surface area contributed by atoms with E-state index in [4.69, 9.17) is 16.3 Å². The smallest absolute Gasteiger partial charge is 0.255 e. The number of carbonyl (C=O) groups is 1. The lowest BCUT2D eigenvalue weighted by Gasteiger charge is -2.13. The number of amides is 1. The molecule has 0 radical (unpaired) electrons. The van der Waals surface area contributed by atoms with Gasteiger partial charge in [0.05, 0.1) is 22.5 Å². The maximum absolute atomic E-state index is 12.7. The van der Waals surface area contributed by atoms with Crippen LogP contribution in [0.3, 0.4) is 0 Å². The fourth-order valence-electron chi connectivity index (χ4n) is 2.91. The summed E-state index contributed by atoms with van der Waals surface area (Å²) in [5.74, 6) is 0.472. The second-order valence-corrected chi connectivity index (χ2v) is 7.37. The first-order chi connectivity index (χ1) is 14.5. The molecule has 152 valence electrons. The molecule has 0 spiro atoms. The number of halogens is 1. The van der Waals surface area contributed by atoms with Gasteiger partial charge < -0.3 is 10.1 Å². The number of hydrogen-bond donors (Lipinski definition) is 1. The van der Waals surface area contributed by atoms with Gasteiger partial charge >= 0.3 is 0 Å². The zero-order valence-corrected chi connectivity index (χ0v) is 17.4. The van der Waals surface area contributed by atoms with E-state index in [0.717, 1.165) is 17.9 Å². The quantitative estimate of drug-likeness (QED) is 0.447. The highest BCUT2D eigenvalue weighted by molar-refractivity contribution is 6.34. The molecule has 7 heteroatoms. The minimum Gasteiger partial charge on any atom is -0.491 e. The van der Waals surface area contributed by atoms with Crippen LogP contribution in [0.25, 0.3) is 16.7 Å². The number of fused-ring (bicyclic) bond motifs is 1. The molecular formula is C23H21ClN4O2. The molecule has 0 saturated carbocycles. The molecule has 0 aliphatic rings. The Labute approximate surface area is 179 Å². The number of carbonyl (C=O) groups excluding carboxylic acids is 1. The van der Waals surface area contributed by atoms with Crippen LogP contribution in [0.4, 0.5) is 5.69 Å². The minimum absolute atomic E-state index is 0.125. The Morgan fingerprint density at radius 1 is 1.07 bits per heavy atom. The summed E-state index contributed by atoms with van der Waals surface area (Å²) in [6.45, 7) is 4.07. The minimum atomic E-state index is -0.262. The summed E-state index contributed by atoms with van der Waals surface area (Å²) < 4.78 is 5.75. The number of para-hydroxylation sites is 1. The SMILES string of the molecule is CCC(C)Oc1ccc(C(=O)Nc2cc3nn(-c4ccccc4)nc3cc2Cl)cc1. The first-order valence-corrected chi connectivity index (χ1v) is 10.1. The van der Waals surface area contributed by atoms with Crippen LogP contribution in [-0.4, -0.2) is 27.0 Å². The van der Waals surface area contributed by atoms with Gasteiger partial charge in [-0.25, -0.2) is 0 Å². The molecule has 0 saturated heterocycles. The van der Waals surface area contributed by atoms with Crippen LogP contribution in [0.1, 0.15) is 30.6 Å². The van der Waals surface area contributed by atoms with Crippen molar-refractivity contribution in [3.05, 3.63) is 77.3 Å². The number of nitrogens with zero attached hydrogens (tertiary/aromatic N) is 3. The van der Waals surface area contributed by atoms with Crippen LogP contribution in [0, 0.1) is 0 Å². The van der Waals surface area contributed by atoms with Crippen molar-refractivity contribution >= 4 is 34.2 Å². The Kier molecular flexibility index (Phi) is 5.68. The van der Waals surface area contributed by atoms with Crippen LogP contribution in [-0.2, 0) is 0 Å². The van der Waals surface area contributed by atoms with Crippen LogP contribution in [0.5, 0.6) is 5.75 Å². The van der Waals surface area contributed by atoms with Gasteiger partial charge in [0.15, 0.2) is 0 Å². The van der Waals surface area contributed by atoms with Gasteiger partial charge in [-0.1, -0.05) is 36.7 Å². The van der Waals surface area contributed by atoms with Crippen molar-refractivity contribution in [3.8, 4) is 11.4 Å². The van der Waals surface area contributed by atoms with E-state index in [9.17, 15) is 4.79 Å². The lowest BCUT2D eigenvalue weighted by molar-refractivity contribution is 0.102. The highest BCUT2D eigenvalue weighted by atomic mass is 35.5. The molecule has 1 N–H and O–H groups in total. The third kappa shape index (κ3) is 4.28. The van der Waals surface area contributed by atoms with Crippen molar-refractivity contribution in [1.29, 1.82) is 0 Å². The summed E-state index contributed by atoms with van der Waals surface area (Å²) in [6, 6.07) is 20.0. The molecule has 0 aliphatic carbocycles. The third-order valence-electron chi connectivity index (χ3n) is 4.73. The molecule has 1 atom stereocenters. The van der Waals surface area contributed by atoms with E-state index in [2.05, 4.69) is 22.4 Å². The first kappa shape index (κ1) is 19.9. The number of benzene rings is 3. The Hall–Kier alpha value is -3.38. The summed E-state index contributed by atoms with van der Waals surface area (Å²) in [7, 11) is 0. The van der Waals surface area contributed by atoms with Gasteiger partial charge in [0.2, 0.25) is 0 Å². The summed E-state index contributed by atoms with van der Waals surface area (Å²) >= 11 is 6.38. The Morgan fingerprint density at radius 3 is 2.40 bits per heavy atom. The number of rotatable bonds is 6. The fraction of sp³-hybridized carbons (Fsp3) is 0.174. The van der Waals surface area contributed by atoms with E-state index in [1.54, 1.807) is 41.2 Å². The Morgan fingerprint density at radius 2 is 1.73 bits per heavy atom. The summed E-state index contributed by atoms with van der Waals surface area (Å²) in [5.41, 5.74) is 3.11. The second kappa shape index (κ2) is 8.55. The lowest BCUT2D eigenvalue weighted by atomic mass is 10.2. The molecule has 4 aromatic rings. The Balaban J connectivity index is 1.54. The maximum atomic E-state index is 12.7. The van der Waals surface area contributed by atoms with Gasteiger partial charge in [0, 0.05) is 5.56 Å². The molecular weight excluding hydrogens is 400 g/mol. The number of aromatic nitrogens is 3. The average molecular weight is 421 g/mol. The molecule has 4 rings (SSSR count). The van der Waals surface area contributed by atoms with Crippen LogP contribution in [0.2, 0.25) is 5.02 Å². The molecule has 30 heavy (non-hydrogen) atoms. The standard InChI is InChI=1S/C23H21ClN4O2/c1-3-15(2)30-18-11-9-16(10-12-18)23(29)25-20-14-22-21(13-19(20)24)26-28(27-22)17-7-5-4-6-8-17/h4-15H,3H2,1-2H3,(H,25,29). The predicted octanol–water partition coefficient (Wildman–Crippen LogP) is 5.50. The zero-order chi connectivity index (χ0) is 21.1. The van der Waals surface area contributed by atoms with Gasteiger partial charge in [0.25, 0.3) is 5.91 Å². The Bertz CT molecular complexity index is 1170. The lowest BCUT2D eigenvalue weighted by Crippen LogP contribution is -2.13. The van der Waals surface area contributed by atoms with E-state index < -0.39 is 0 Å². The molecule has 1 aromatic heterocycles. The number of nitrogens with one attached hydrogen (secondary N) is 1. The van der Waals surface area contributed by atoms with E-state index in [1.807, 2.05) is 37.3 Å². The topological polar surface area (TPSA) is 69.0 Å². The maximum Gasteiger partial charge on any atom is 0.255 e. The van der Waals surface area contributed by atoms with Crippen LogP contribution < -0.4 is 10.1 Å². The van der Waals surface area contributed by atoms with Crippen molar-refractivity contribution in [2.75, 3.05) is 5.32 Å². The number of hydrogen-bond acceptors (Lipinski definition) is 4. The summed E-state index contributed by atoms with van der Waals surface area (Å²) in [4.78, 5) is 14.2. The monoisotopic (exact) mass is 420 g/mol. The first-order valence-electron chi connectivity index (χ1n) is 9.73.